The summed E-state index contributed by atoms with van der Waals surface area (Å²) in [4.78, 5) is 23.9. The van der Waals surface area contributed by atoms with Gasteiger partial charge in [0.05, 0.1) is 14.2 Å². The molecule has 2 N–H and O–H groups in total. The number of rotatable bonds is 5. The highest BCUT2D eigenvalue weighted by Gasteiger charge is 2.10. The molecule has 0 aliphatic heterocycles. The summed E-state index contributed by atoms with van der Waals surface area (Å²) in [7, 11) is 2.97. The first-order valence-corrected chi connectivity index (χ1v) is 7.66. The number of benzene rings is 2. The summed E-state index contributed by atoms with van der Waals surface area (Å²) < 4.78 is 10.2. The monoisotopic (exact) mass is 360 g/mol. The second-order valence-corrected chi connectivity index (χ2v) is 5.37. The van der Waals surface area contributed by atoms with Crippen LogP contribution in [0, 0.1) is 0 Å². The number of carbonyl (C=O) groups is 2. The standard InChI is InChI=1S/C18H17ClN2O4/c1-24-15-9-13(10-16(11-15)25-2)18(23)21-20-17(22)8-5-12-3-6-14(19)7-4-12/h3-11H,1-2H3,(H,20,22)(H,21,23)/b8-5+. The fourth-order valence-electron chi connectivity index (χ4n) is 1.92. The van der Waals surface area contributed by atoms with Gasteiger partial charge in [-0.1, -0.05) is 23.7 Å². The molecule has 0 fully saturated rings. The van der Waals surface area contributed by atoms with Gasteiger partial charge in [-0.05, 0) is 35.9 Å². The number of hydrogen-bond acceptors (Lipinski definition) is 4. The fraction of sp³-hybridized carbons (Fsp3) is 0.111. The van der Waals surface area contributed by atoms with Crippen LogP contribution in [-0.4, -0.2) is 26.0 Å². The van der Waals surface area contributed by atoms with Crippen LogP contribution in [0.15, 0.2) is 48.5 Å². The Hall–Kier alpha value is -2.99. The summed E-state index contributed by atoms with van der Waals surface area (Å²) in [6.45, 7) is 0. The zero-order chi connectivity index (χ0) is 18.2. The molecule has 2 aromatic carbocycles. The minimum absolute atomic E-state index is 0.290. The maximum absolute atomic E-state index is 12.1. The summed E-state index contributed by atoms with van der Waals surface area (Å²) in [5.41, 5.74) is 5.73. The van der Waals surface area contributed by atoms with Crippen LogP contribution in [0.5, 0.6) is 11.5 Å². The van der Waals surface area contributed by atoms with Crippen LogP contribution >= 0.6 is 11.6 Å². The molecule has 2 aromatic rings. The Bertz CT molecular complexity index is 766. The first-order valence-electron chi connectivity index (χ1n) is 7.29. The van der Waals surface area contributed by atoms with Gasteiger partial charge in [0.2, 0.25) is 0 Å². The average molecular weight is 361 g/mol. The van der Waals surface area contributed by atoms with E-state index in [0.29, 0.717) is 16.5 Å². The van der Waals surface area contributed by atoms with E-state index in [0.717, 1.165) is 5.56 Å². The van der Waals surface area contributed by atoms with Crippen molar-refractivity contribution in [3.63, 3.8) is 0 Å². The maximum Gasteiger partial charge on any atom is 0.269 e. The third-order valence-electron chi connectivity index (χ3n) is 3.21. The van der Waals surface area contributed by atoms with E-state index in [1.165, 1.54) is 32.4 Å². The summed E-state index contributed by atoms with van der Waals surface area (Å²) in [6, 6.07) is 11.7. The molecule has 0 spiro atoms. The number of amides is 2. The molecular formula is C18H17ClN2O4. The number of nitrogens with one attached hydrogen (secondary N) is 2. The molecule has 0 aromatic heterocycles. The normalized spacial score (nSPS) is 10.4. The minimum atomic E-state index is -0.495. The Morgan fingerprint density at radius 2 is 1.56 bits per heavy atom. The number of hydrogen-bond donors (Lipinski definition) is 2. The van der Waals surface area contributed by atoms with Gasteiger partial charge in [-0.3, -0.25) is 20.4 Å². The third kappa shape index (κ3) is 5.54. The summed E-state index contributed by atoms with van der Waals surface area (Å²) in [5, 5.41) is 0.614. The van der Waals surface area contributed by atoms with Gasteiger partial charge in [-0.2, -0.15) is 0 Å². The van der Waals surface area contributed by atoms with Crippen molar-refractivity contribution in [2.24, 2.45) is 0 Å². The van der Waals surface area contributed by atoms with E-state index in [1.54, 1.807) is 36.4 Å². The highest BCUT2D eigenvalue weighted by atomic mass is 35.5. The molecule has 0 aliphatic rings. The van der Waals surface area contributed by atoms with Gasteiger partial charge in [-0.25, -0.2) is 0 Å². The van der Waals surface area contributed by atoms with Crippen molar-refractivity contribution >= 4 is 29.5 Å². The molecule has 0 aliphatic carbocycles. The lowest BCUT2D eigenvalue weighted by atomic mass is 10.2. The van der Waals surface area contributed by atoms with Crippen LogP contribution in [0.25, 0.3) is 6.08 Å². The van der Waals surface area contributed by atoms with E-state index in [-0.39, 0.29) is 5.56 Å². The molecule has 2 amide bonds. The van der Waals surface area contributed by atoms with Crippen molar-refractivity contribution < 1.29 is 19.1 Å². The SMILES string of the molecule is COc1cc(OC)cc(C(=O)NNC(=O)/C=C/c2ccc(Cl)cc2)c1. The highest BCUT2D eigenvalue weighted by molar-refractivity contribution is 6.30. The number of hydrazine groups is 1. The minimum Gasteiger partial charge on any atom is -0.497 e. The fourth-order valence-corrected chi connectivity index (χ4v) is 2.04. The Morgan fingerprint density at radius 3 is 2.12 bits per heavy atom. The zero-order valence-corrected chi connectivity index (χ0v) is 14.5. The lowest BCUT2D eigenvalue weighted by molar-refractivity contribution is -0.117. The van der Waals surface area contributed by atoms with E-state index < -0.39 is 11.8 Å². The second-order valence-electron chi connectivity index (χ2n) is 4.93. The van der Waals surface area contributed by atoms with Crippen molar-refractivity contribution in [1.82, 2.24) is 10.9 Å². The number of halogens is 1. The lowest BCUT2D eigenvalue weighted by Gasteiger charge is -2.09. The molecule has 0 bridgehead atoms. The van der Waals surface area contributed by atoms with Crippen molar-refractivity contribution in [3.05, 3.63) is 64.7 Å². The van der Waals surface area contributed by atoms with E-state index in [2.05, 4.69) is 10.9 Å². The number of ether oxygens (including phenoxy) is 2. The van der Waals surface area contributed by atoms with Gasteiger partial charge >= 0.3 is 0 Å². The predicted molar refractivity (Wildman–Crippen MR) is 95.6 cm³/mol. The maximum atomic E-state index is 12.1. The van der Waals surface area contributed by atoms with Crippen molar-refractivity contribution in [2.45, 2.75) is 0 Å². The van der Waals surface area contributed by atoms with Gasteiger partial charge in [0.1, 0.15) is 11.5 Å². The van der Waals surface area contributed by atoms with E-state index >= 15 is 0 Å². The van der Waals surface area contributed by atoms with Crippen molar-refractivity contribution in [2.75, 3.05) is 14.2 Å². The summed E-state index contributed by atoms with van der Waals surface area (Å²) >= 11 is 5.79. The largest absolute Gasteiger partial charge is 0.497 e. The molecule has 0 radical (unpaired) electrons. The molecule has 0 unspecified atom stereocenters. The molecule has 2 rings (SSSR count). The molecule has 0 saturated heterocycles. The first kappa shape index (κ1) is 18.4. The smallest absolute Gasteiger partial charge is 0.269 e. The van der Waals surface area contributed by atoms with Gasteiger partial charge < -0.3 is 9.47 Å². The molecule has 130 valence electrons. The molecule has 6 nitrogen and oxygen atoms in total. The van der Waals surface area contributed by atoms with Crippen LogP contribution in [-0.2, 0) is 4.79 Å². The Balaban J connectivity index is 1.95. The van der Waals surface area contributed by atoms with Gasteiger partial charge in [0.25, 0.3) is 11.8 Å². The van der Waals surface area contributed by atoms with Gasteiger partial charge in [-0.15, -0.1) is 0 Å². The molecule has 25 heavy (non-hydrogen) atoms. The Morgan fingerprint density at radius 1 is 0.960 bits per heavy atom. The molecule has 0 atom stereocenters. The van der Waals surface area contributed by atoms with Gasteiger partial charge in [0.15, 0.2) is 0 Å². The van der Waals surface area contributed by atoms with Crippen LogP contribution in [0.1, 0.15) is 15.9 Å². The van der Waals surface area contributed by atoms with Crippen LogP contribution < -0.4 is 20.3 Å². The third-order valence-corrected chi connectivity index (χ3v) is 3.46. The van der Waals surface area contributed by atoms with E-state index in [1.807, 2.05) is 0 Å². The van der Waals surface area contributed by atoms with Crippen LogP contribution in [0.3, 0.4) is 0 Å². The van der Waals surface area contributed by atoms with Gasteiger partial charge in [0, 0.05) is 22.7 Å². The predicted octanol–water partition coefficient (Wildman–Crippen LogP) is 2.83. The topological polar surface area (TPSA) is 76.7 Å². The molecule has 0 saturated carbocycles. The summed E-state index contributed by atoms with van der Waals surface area (Å²) in [5.74, 6) is -0.0273. The van der Waals surface area contributed by atoms with Crippen LogP contribution in [0.4, 0.5) is 0 Å². The second kappa shape index (κ2) is 8.75. The van der Waals surface area contributed by atoms with Crippen molar-refractivity contribution in [3.8, 4) is 11.5 Å². The molecular weight excluding hydrogens is 344 g/mol. The Kier molecular flexibility index (Phi) is 6.42. The van der Waals surface area contributed by atoms with E-state index in [4.69, 9.17) is 21.1 Å². The Labute approximate surface area is 150 Å². The lowest BCUT2D eigenvalue weighted by Crippen LogP contribution is -2.40. The number of carbonyl (C=O) groups excluding carboxylic acids is 2. The average Bonchev–Trinajstić information content (AvgIpc) is 2.65. The molecule has 0 heterocycles. The zero-order valence-electron chi connectivity index (χ0n) is 13.7. The highest BCUT2D eigenvalue weighted by Crippen LogP contribution is 2.22. The molecule has 7 heteroatoms. The summed E-state index contributed by atoms with van der Waals surface area (Å²) in [6.07, 6.45) is 2.90. The first-order chi connectivity index (χ1) is 12.0. The van der Waals surface area contributed by atoms with Crippen LogP contribution in [0.2, 0.25) is 5.02 Å². The van der Waals surface area contributed by atoms with E-state index in [9.17, 15) is 9.59 Å². The number of methoxy groups -OCH3 is 2. The van der Waals surface area contributed by atoms with Crippen molar-refractivity contribution in [1.29, 1.82) is 0 Å². The quantitative estimate of drug-likeness (QED) is 0.635.